The third-order valence-corrected chi connectivity index (χ3v) is 4.17. The predicted octanol–water partition coefficient (Wildman–Crippen LogP) is 1.89. The summed E-state index contributed by atoms with van der Waals surface area (Å²) in [6.45, 7) is 0.728. The summed E-state index contributed by atoms with van der Waals surface area (Å²) in [6.07, 6.45) is 1.82. The number of ether oxygens (including phenoxy) is 1. The monoisotopic (exact) mass is 306 g/mol. The molecule has 0 heterocycles. The van der Waals surface area contributed by atoms with E-state index >= 15 is 0 Å². The summed E-state index contributed by atoms with van der Waals surface area (Å²) in [5.74, 6) is -0.693. The summed E-state index contributed by atoms with van der Waals surface area (Å²) < 4.78 is 5.13. The number of hydrogen-bond donors (Lipinski definition) is 3. The highest BCUT2D eigenvalue weighted by molar-refractivity contribution is 5.78. The third kappa shape index (κ3) is 4.46. The number of hydrogen-bond acceptors (Lipinski definition) is 4. The van der Waals surface area contributed by atoms with E-state index < -0.39 is 17.6 Å². The number of alkyl carbamates (subject to hydrolysis) is 1. The van der Waals surface area contributed by atoms with Crippen LogP contribution in [-0.2, 0) is 16.1 Å². The smallest absolute Gasteiger partial charge is 0.407 e. The predicted molar refractivity (Wildman–Crippen MR) is 81.1 cm³/mol. The molecule has 0 unspecified atom stereocenters. The largest absolute Gasteiger partial charge is 0.480 e. The van der Waals surface area contributed by atoms with Gasteiger partial charge < -0.3 is 20.9 Å². The van der Waals surface area contributed by atoms with Crippen molar-refractivity contribution in [2.24, 2.45) is 11.7 Å². The first-order valence-electron chi connectivity index (χ1n) is 7.46. The lowest BCUT2D eigenvalue weighted by Gasteiger charge is -2.33. The topological polar surface area (TPSA) is 102 Å². The molecular weight excluding hydrogens is 284 g/mol. The highest BCUT2D eigenvalue weighted by Crippen LogP contribution is 2.30. The number of carboxylic acid groups (broad SMARTS) is 1. The molecule has 1 aliphatic carbocycles. The van der Waals surface area contributed by atoms with Gasteiger partial charge in [0.25, 0.3) is 0 Å². The van der Waals surface area contributed by atoms with Gasteiger partial charge in [-0.2, -0.15) is 0 Å². The first-order valence-corrected chi connectivity index (χ1v) is 7.46. The van der Waals surface area contributed by atoms with Crippen molar-refractivity contribution in [1.82, 2.24) is 5.32 Å². The minimum atomic E-state index is -1.11. The van der Waals surface area contributed by atoms with Crippen LogP contribution in [0.3, 0.4) is 0 Å². The molecule has 0 bridgehead atoms. The number of carbonyl (C=O) groups excluding carboxylic acids is 1. The van der Waals surface area contributed by atoms with Crippen LogP contribution in [0.1, 0.15) is 31.2 Å². The van der Waals surface area contributed by atoms with Crippen LogP contribution in [0.5, 0.6) is 0 Å². The van der Waals surface area contributed by atoms with Crippen molar-refractivity contribution in [2.75, 3.05) is 6.54 Å². The van der Waals surface area contributed by atoms with E-state index in [2.05, 4.69) is 5.32 Å². The van der Waals surface area contributed by atoms with E-state index in [1.807, 2.05) is 30.3 Å². The van der Waals surface area contributed by atoms with Gasteiger partial charge in [-0.05, 0) is 37.2 Å². The fourth-order valence-corrected chi connectivity index (χ4v) is 2.61. The Hall–Kier alpha value is -2.08. The Morgan fingerprint density at radius 3 is 2.50 bits per heavy atom. The summed E-state index contributed by atoms with van der Waals surface area (Å²) in [6, 6.07) is 9.46. The maximum absolute atomic E-state index is 11.6. The molecule has 1 aliphatic rings. The standard InChI is InChI=1S/C16H22N2O4/c17-16(14(19)20)8-6-12(7-9-16)10-18-15(21)22-11-13-4-2-1-3-5-13/h1-5,12H,6-11,17H2,(H,18,21)(H,19,20). The highest BCUT2D eigenvalue weighted by atomic mass is 16.5. The van der Waals surface area contributed by atoms with Gasteiger partial charge in [-0.15, -0.1) is 0 Å². The Kier molecular flexibility index (Phi) is 5.38. The summed E-state index contributed by atoms with van der Waals surface area (Å²) in [5, 5.41) is 11.8. The lowest BCUT2D eigenvalue weighted by Crippen LogP contribution is -2.51. The first-order chi connectivity index (χ1) is 10.5. The number of carbonyl (C=O) groups is 2. The number of rotatable bonds is 5. The second-order valence-electron chi connectivity index (χ2n) is 5.85. The van der Waals surface area contributed by atoms with E-state index in [9.17, 15) is 9.59 Å². The average molecular weight is 306 g/mol. The maximum Gasteiger partial charge on any atom is 0.407 e. The SMILES string of the molecule is NC1(C(=O)O)CCC(CNC(=O)OCc2ccccc2)CC1. The van der Waals surface area contributed by atoms with E-state index in [1.54, 1.807) is 0 Å². The van der Waals surface area contributed by atoms with Crippen molar-refractivity contribution in [3.63, 3.8) is 0 Å². The fraction of sp³-hybridized carbons (Fsp3) is 0.500. The summed E-state index contributed by atoms with van der Waals surface area (Å²) in [7, 11) is 0. The molecule has 120 valence electrons. The molecule has 2 rings (SSSR count). The normalized spacial score (nSPS) is 24.5. The molecule has 22 heavy (non-hydrogen) atoms. The minimum absolute atomic E-state index is 0.238. The first kappa shape index (κ1) is 16.3. The molecule has 0 spiro atoms. The van der Waals surface area contributed by atoms with Gasteiger partial charge in [0, 0.05) is 6.54 Å². The number of nitrogens with two attached hydrogens (primary N) is 1. The van der Waals surface area contributed by atoms with Crippen LogP contribution in [0.25, 0.3) is 0 Å². The number of nitrogens with one attached hydrogen (secondary N) is 1. The van der Waals surface area contributed by atoms with E-state index in [4.69, 9.17) is 15.6 Å². The van der Waals surface area contributed by atoms with Crippen molar-refractivity contribution in [2.45, 2.75) is 37.8 Å². The molecule has 1 aromatic rings. The van der Waals surface area contributed by atoms with Gasteiger partial charge in [0.1, 0.15) is 12.1 Å². The van der Waals surface area contributed by atoms with E-state index in [0.29, 0.717) is 32.2 Å². The Bertz CT molecular complexity index is 510. The van der Waals surface area contributed by atoms with Crippen LogP contribution < -0.4 is 11.1 Å². The molecular formula is C16H22N2O4. The highest BCUT2D eigenvalue weighted by Gasteiger charge is 2.38. The van der Waals surface area contributed by atoms with Gasteiger partial charge in [0.15, 0.2) is 0 Å². The van der Waals surface area contributed by atoms with Crippen molar-refractivity contribution in [3.8, 4) is 0 Å². The van der Waals surface area contributed by atoms with Crippen molar-refractivity contribution in [1.29, 1.82) is 0 Å². The van der Waals surface area contributed by atoms with E-state index in [-0.39, 0.29) is 12.5 Å². The Morgan fingerprint density at radius 1 is 1.27 bits per heavy atom. The molecule has 6 nitrogen and oxygen atoms in total. The third-order valence-electron chi connectivity index (χ3n) is 4.17. The fourth-order valence-electron chi connectivity index (χ4n) is 2.61. The van der Waals surface area contributed by atoms with Crippen LogP contribution in [0.4, 0.5) is 4.79 Å². The van der Waals surface area contributed by atoms with Gasteiger partial charge >= 0.3 is 12.1 Å². The quantitative estimate of drug-likeness (QED) is 0.771. The molecule has 1 amide bonds. The molecule has 0 aliphatic heterocycles. The number of aliphatic carboxylic acids is 1. The summed E-state index contributed by atoms with van der Waals surface area (Å²) in [5.41, 5.74) is 5.65. The maximum atomic E-state index is 11.6. The molecule has 0 saturated heterocycles. The van der Waals surface area contributed by atoms with Crippen LogP contribution >= 0.6 is 0 Å². The van der Waals surface area contributed by atoms with Crippen LogP contribution in [0.15, 0.2) is 30.3 Å². The minimum Gasteiger partial charge on any atom is -0.480 e. The van der Waals surface area contributed by atoms with Crippen molar-refractivity contribution in [3.05, 3.63) is 35.9 Å². The molecule has 1 aromatic carbocycles. The zero-order valence-corrected chi connectivity index (χ0v) is 12.5. The zero-order valence-electron chi connectivity index (χ0n) is 12.5. The zero-order chi connectivity index (χ0) is 16.0. The summed E-state index contributed by atoms with van der Waals surface area (Å²) >= 11 is 0. The second kappa shape index (κ2) is 7.26. The van der Waals surface area contributed by atoms with Crippen molar-refractivity contribution < 1.29 is 19.4 Å². The van der Waals surface area contributed by atoms with Gasteiger partial charge in [0.05, 0.1) is 0 Å². The second-order valence-corrected chi connectivity index (χ2v) is 5.85. The van der Waals surface area contributed by atoms with Gasteiger partial charge in [-0.1, -0.05) is 30.3 Å². The number of amides is 1. The summed E-state index contributed by atoms with van der Waals surface area (Å²) in [4.78, 5) is 22.7. The van der Waals surface area contributed by atoms with E-state index in [0.717, 1.165) is 5.56 Å². The lowest BCUT2D eigenvalue weighted by molar-refractivity contribution is -0.144. The molecule has 6 heteroatoms. The Morgan fingerprint density at radius 2 is 1.91 bits per heavy atom. The Labute approximate surface area is 129 Å². The molecule has 0 radical (unpaired) electrons. The van der Waals surface area contributed by atoms with Crippen LogP contribution in [-0.4, -0.2) is 29.3 Å². The molecule has 1 saturated carbocycles. The van der Waals surface area contributed by atoms with Crippen LogP contribution in [0, 0.1) is 5.92 Å². The average Bonchev–Trinajstić information content (AvgIpc) is 2.53. The molecule has 0 aromatic heterocycles. The molecule has 1 fully saturated rings. The van der Waals surface area contributed by atoms with Gasteiger partial charge in [-0.3, -0.25) is 4.79 Å². The van der Waals surface area contributed by atoms with Gasteiger partial charge in [-0.25, -0.2) is 4.79 Å². The lowest BCUT2D eigenvalue weighted by atomic mass is 9.77. The number of carboxylic acids is 1. The van der Waals surface area contributed by atoms with E-state index in [1.165, 1.54) is 0 Å². The van der Waals surface area contributed by atoms with Crippen LogP contribution in [0.2, 0.25) is 0 Å². The Balaban J connectivity index is 1.66. The van der Waals surface area contributed by atoms with Crippen molar-refractivity contribution >= 4 is 12.1 Å². The molecule has 4 N–H and O–H groups in total. The molecule has 0 atom stereocenters. The number of benzene rings is 1. The van der Waals surface area contributed by atoms with Gasteiger partial charge in [0.2, 0.25) is 0 Å².